The third-order valence-corrected chi connectivity index (χ3v) is 5.14. The minimum atomic E-state index is -4.18. The lowest BCUT2D eigenvalue weighted by Gasteiger charge is -2.08. The van der Waals surface area contributed by atoms with Crippen LogP contribution < -0.4 is 0 Å². The fourth-order valence-electron chi connectivity index (χ4n) is 2.24. The summed E-state index contributed by atoms with van der Waals surface area (Å²) in [4.78, 5) is 33.4. The van der Waals surface area contributed by atoms with E-state index in [1.807, 2.05) is 0 Å². The number of carboxylic acids is 1. The summed E-state index contributed by atoms with van der Waals surface area (Å²) in [6.45, 7) is 0. The van der Waals surface area contributed by atoms with Gasteiger partial charge < -0.3 is 9.84 Å². The van der Waals surface area contributed by atoms with Gasteiger partial charge in [0.05, 0.1) is 26.5 Å². The molecule has 0 saturated heterocycles. The first-order chi connectivity index (χ1) is 10.8. The smallest absolute Gasteiger partial charge is 0.346 e. The van der Waals surface area contributed by atoms with Crippen LogP contribution in [0.5, 0.6) is 0 Å². The van der Waals surface area contributed by atoms with Crippen molar-refractivity contribution >= 4 is 27.7 Å². The number of carbonyl (C=O) groups is 3. The lowest BCUT2D eigenvalue weighted by molar-refractivity contribution is 0.0443. The summed E-state index contributed by atoms with van der Waals surface area (Å²) in [5.74, 6) is -3.17. The first-order valence-corrected chi connectivity index (χ1v) is 7.78. The number of hydrogen-bond acceptors (Lipinski definition) is 6. The zero-order chi connectivity index (χ0) is 16.8. The number of cyclic esters (lactones) is 2. The molecule has 1 N–H and O–H groups in total. The predicted octanol–water partition coefficient (Wildman–Crippen LogP) is 1.53. The molecule has 0 aliphatic carbocycles. The van der Waals surface area contributed by atoms with Gasteiger partial charge in [-0.3, -0.25) is 0 Å². The first kappa shape index (κ1) is 14.9. The van der Waals surface area contributed by atoms with Crippen LogP contribution in [0.4, 0.5) is 0 Å². The van der Waals surface area contributed by atoms with Gasteiger partial charge in [0.25, 0.3) is 0 Å². The Morgan fingerprint density at radius 1 is 0.957 bits per heavy atom. The van der Waals surface area contributed by atoms with Gasteiger partial charge in [-0.05, 0) is 30.3 Å². The molecule has 0 aromatic heterocycles. The van der Waals surface area contributed by atoms with Crippen LogP contribution in [-0.4, -0.2) is 31.4 Å². The molecule has 116 valence electrons. The molecule has 0 saturated carbocycles. The van der Waals surface area contributed by atoms with Crippen molar-refractivity contribution in [1.29, 1.82) is 0 Å². The van der Waals surface area contributed by atoms with Gasteiger partial charge in [0, 0.05) is 0 Å². The number of carboxylic acid groups (broad SMARTS) is 1. The van der Waals surface area contributed by atoms with Crippen LogP contribution in [0.2, 0.25) is 0 Å². The summed E-state index contributed by atoms with van der Waals surface area (Å²) < 4.78 is 29.7. The number of carbonyl (C=O) groups excluding carboxylic acids is 2. The standard InChI is InChI=1S/C15H8O7S/c16-13(17)10-3-1-2-4-12(10)23(20,21)8-5-6-9-11(7-8)15(19)22-14(9)18/h1-7H,(H,16,17). The summed E-state index contributed by atoms with van der Waals surface area (Å²) >= 11 is 0. The Bertz CT molecular complexity index is 973. The molecule has 0 unspecified atom stereocenters. The highest BCUT2D eigenvalue weighted by Crippen LogP contribution is 2.28. The van der Waals surface area contributed by atoms with Crippen LogP contribution in [0.15, 0.2) is 52.3 Å². The maximum absolute atomic E-state index is 12.6. The fourth-order valence-corrected chi connectivity index (χ4v) is 3.71. The molecule has 1 heterocycles. The Labute approximate surface area is 130 Å². The second kappa shape index (κ2) is 5.03. The third-order valence-electron chi connectivity index (χ3n) is 3.33. The summed E-state index contributed by atoms with van der Waals surface area (Å²) in [5.41, 5.74) is -0.573. The molecule has 8 heteroatoms. The van der Waals surface area contributed by atoms with E-state index in [2.05, 4.69) is 4.74 Å². The molecular formula is C15H8O7S. The molecule has 0 amide bonds. The Balaban J connectivity index is 2.20. The van der Waals surface area contributed by atoms with Crippen molar-refractivity contribution in [3.63, 3.8) is 0 Å². The van der Waals surface area contributed by atoms with E-state index in [1.54, 1.807) is 0 Å². The number of sulfone groups is 1. The van der Waals surface area contributed by atoms with Crippen molar-refractivity contribution in [2.24, 2.45) is 0 Å². The molecule has 1 aliphatic heterocycles. The number of rotatable bonds is 3. The number of ether oxygens (including phenoxy) is 1. The molecular weight excluding hydrogens is 324 g/mol. The highest BCUT2D eigenvalue weighted by atomic mass is 32.2. The van der Waals surface area contributed by atoms with E-state index in [-0.39, 0.29) is 21.6 Å². The minimum Gasteiger partial charge on any atom is -0.478 e. The summed E-state index contributed by atoms with van der Waals surface area (Å²) in [7, 11) is -4.18. The Morgan fingerprint density at radius 3 is 2.30 bits per heavy atom. The van der Waals surface area contributed by atoms with Gasteiger partial charge in [0.2, 0.25) is 9.84 Å². The van der Waals surface area contributed by atoms with Crippen LogP contribution in [0.25, 0.3) is 0 Å². The quantitative estimate of drug-likeness (QED) is 0.669. The Hall–Kier alpha value is -3.00. The van der Waals surface area contributed by atoms with Crippen molar-refractivity contribution in [2.45, 2.75) is 9.79 Å². The summed E-state index contributed by atoms with van der Waals surface area (Å²) in [6.07, 6.45) is 0. The highest BCUT2D eigenvalue weighted by molar-refractivity contribution is 7.91. The topological polar surface area (TPSA) is 115 Å². The van der Waals surface area contributed by atoms with Crippen molar-refractivity contribution in [2.75, 3.05) is 0 Å². The second-order valence-corrected chi connectivity index (χ2v) is 6.61. The van der Waals surface area contributed by atoms with E-state index in [0.717, 1.165) is 18.2 Å². The van der Waals surface area contributed by atoms with Crippen LogP contribution in [0.1, 0.15) is 31.1 Å². The lowest BCUT2D eigenvalue weighted by atomic mass is 10.1. The first-order valence-electron chi connectivity index (χ1n) is 6.30. The van der Waals surface area contributed by atoms with Gasteiger partial charge in [-0.1, -0.05) is 12.1 Å². The molecule has 3 rings (SSSR count). The Kier molecular flexibility index (Phi) is 3.26. The minimum absolute atomic E-state index is 0.0273. The van der Waals surface area contributed by atoms with Gasteiger partial charge in [-0.15, -0.1) is 0 Å². The van der Waals surface area contributed by atoms with E-state index in [1.165, 1.54) is 24.3 Å². The second-order valence-electron chi connectivity index (χ2n) is 4.69. The predicted molar refractivity (Wildman–Crippen MR) is 75.0 cm³/mol. The normalized spacial score (nSPS) is 13.6. The number of hydrogen-bond donors (Lipinski definition) is 1. The zero-order valence-electron chi connectivity index (χ0n) is 11.3. The third kappa shape index (κ3) is 2.29. The van der Waals surface area contributed by atoms with Gasteiger partial charge in [0.1, 0.15) is 0 Å². The highest BCUT2D eigenvalue weighted by Gasteiger charge is 2.32. The number of aromatic carboxylic acids is 1. The molecule has 0 atom stereocenters. The van der Waals surface area contributed by atoms with Gasteiger partial charge >= 0.3 is 17.9 Å². The molecule has 2 aromatic carbocycles. The molecule has 0 fully saturated rings. The number of fused-ring (bicyclic) bond motifs is 1. The van der Waals surface area contributed by atoms with Crippen molar-refractivity contribution in [3.05, 3.63) is 59.2 Å². The summed E-state index contributed by atoms with van der Waals surface area (Å²) in [5, 5.41) is 9.12. The molecule has 0 bridgehead atoms. The monoisotopic (exact) mass is 332 g/mol. The van der Waals surface area contributed by atoms with E-state index in [0.29, 0.717) is 0 Å². The lowest BCUT2D eigenvalue weighted by Crippen LogP contribution is -2.10. The average molecular weight is 332 g/mol. The molecule has 0 radical (unpaired) electrons. The van der Waals surface area contributed by atoms with Gasteiger partial charge in [0.15, 0.2) is 0 Å². The van der Waals surface area contributed by atoms with E-state index in [4.69, 9.17) is 5.11 Å². The van der Waals surface area contributed by atoms with E-state index < -0.39 is 32.6 Å². The van der Waals surface area contributed by atoms with Crippen molar-refractivity contribution in [3.8, 4) is 0 Å². The molecule has 7 nitrogen and oxygen atoms in total. The van der Waals surface area contributed by atoms with Crippen molar-refractivity contribution < 1.29 is 32.6 Å². The number of benzene rings is 2. The van der Waals surface area contributed by atoms with E-state index in [9.17, 15) is 22.8 Å². The van der Waals surface area contributed by atoms with Gasteiger partial charge in [-0.25, -0.2) is 22.8 Å². The molecule has 2 aromatic rings. The number of esters is 2. The molecule has 1 aliphatic rings. The SMILES string of the molecule is O=C1OC(=O)c2cc(S(=O)(=O)c3ccccc3C(=O)O)ccc21. The largest absolute Gasteiger partial charge is 0.478 e. The summed E-state index contributed by atoms with van der Waals surface area (Å²) in [6, 6.07) is 8.43. The Morgan fingerprint density at radius 2 is 1.61 bits per heavy atom. The molecule has 0 spiro atoms. The van der Waals surface area contributed by atoms with Crippen LogP contribution in [-0.2, 0) is 14.6 Å². The van der Waals surface area contributed by atoms with Gasteiger partial charge in [-0.2, -0.15) is 0 Å². The van der Waals surface area contributed by atoms with E-state index >= 15 is 0 Å². The van der Waals surface area contributed by atoms with Crippen LogP contribution in [0.3, 0.4) is 0 Å². The maximum atomic E-state index is 12.6. The van der Waals surface area contributed by atoms with Crippen LogP contribution in [0, 0.1) is 0 Å². The zero-order valence-corrected chi connectivity index (χ0v) is 12.2. The van der Waals surface area contributed by atoms with Crippen LogP contribution >= 0.6 is 0 Å². The maximum Gasteiger partial charge on any atom is 0.346 e. The molecule has 23 heavy (non-hydrogen) atoms. The fraction of sp³-hybridized carbons (Fsp3) is 0. The van der Waals surface area contributed by atoms with Crippen molar-refractivity contribution in [1.82, 2.24) is 0 Å². The average Bonchev–Trinajstić information content (AvgIpc) is 2.81.